The highest BCUT2D eigenvalue weighted by molar-refractivity contribution is 5.43. The fraction of sp³-hybridized carbons (Fsp3) is 0.625. The first-order chi connectivity index (χ1) is 8.97. The van der Waals surface area contributed by atoms with E-state index in [-0.39, 0.29) is 6.04 Å². The molecule has 0 spiro atoms. The van der Waals surface area contributed by atoms with Crippen molar-refractivity contribution < 1.29 is 9.84 Å². The van der Waals surface area contributed by atoms with Gasteiger partial charge in [-0.05, 0) is 62.8 Å². The summed E-state index contributed by atoms with van der Waals surface area (Å²) >= 11 is 0. The number of benzene rings is 1. The molecule has 0 saturated heterocycles. The van der Waals surface area contributed by atoms with Crippen LogP contribution < -0.4 is 10.5 Å². The number of ether oxygens (including phenoxy) is 1. The van der Waals surface area contributed by atoms with Crippen LogP contribution in [0, 0.1) is 13.8 Å². The quantitative estimate of drug-likeness (QED) is 0.797. The van der Waals surface area contributed by atoms with Gasteiger partial charge in [0, 0.05) is 6.04 Å². The first-order valence-corrected chi connectivity index (χ1v) is 7.12. The molecule has 19 heavy (non-hydrogen) atoms. The summed E-state index contributed by atoms with van der Waals surface area (Å²) in [4.78, 5) is 0. The SMILES string of the molecule is CCCOc1ccc(CCC(O)C(C)N)c(C)c1C. The van der Waals surface area contributed by atoms with E-state index in [0.717, 1.165) is 25.2 Å². The van der Waals surface area contributed by atoms with Crippen LogP contribution in [0.2, 0.25) is 0 Å². The van der Waals surface area contributed by atoms with Crippen LogP contribution in [0.25, 0.3) is 0 Å². The maximum atomic E-state index is 9.77. The van der Waals surface area contributed by atoms with Gasteiger partial charge in [-0.3, -0.25) is 0 Å². The van der Waals surface area contributed by atoms with Crippen molar-refractivity contribution in [2.24, 2.45) is 5.73 Å². The van der Waals surface area contributed by atoms with Gasteiger partial charge in [-0.1, -0.05) is 13.0 Å². The number of rotatable bonds is 7. The molecule has 108 valence electrons. The fourth-order valence-corrected chi connectivity index (χ4v) is 2.06. The summed E-state index contributed by atoms with van der Waals surface area (Å²) in [6.07, 6.45) is 2.13. The Morgan fingerprint density at radius 3 is 2.53 bits per heavy atom. The molecule has 0 saturated carbocycles. The van der Waals surface area contributed by atoms with Crippen LogP contribution in [-0.4, -0.2) is 23.9 Å². The number of aliphatic hydroxyl groups is 1. The molecule has 0 aliphatic rings. The Kier molecular flexibility index (Phi) is 6.32. The molecule has 0 aliphatic heterocycles. The largest absolute Gasteiger partial charge is 0.493 e. The summed E-state index contributed by atoms with van der Waals surface area (Å²) in [5.74, 6) is 0.968. The Morgan fingerprint density at radius 2 is 1.95 bits per heavy atom. The van der Waals surface area contributed by atoms with Gasteiger partial charge in [0.25, 0.3) is 0 Å². The lowest BCUT2D eigenvalue weighted by molar-refractivity contribution is 0.141. The van der Waals surface area contributed by atoms with Gasteiger partial charge in [-0.15, -0.1) is 0 Å². The lowest BCUT2D eigenvalue weighted by atomic mass is 9.96. The molecule has 3 heteroatoms. The first kappa shape index (κ1) is 16.0. The molecule has 2 atom stereocenters. The van der Waals surface area contributed by atoms with Crippen molar-refractivity contribution in [2.75, 3.05) is 6.61 Å². The van der Waals surface area contributed by atoms with Crippen LogP contribution in [-0.2, 0) is 6.42 Å². The van der Waals surface area contributed by atoms with Crippen LogP contribution in [0.3, 0.4) is 0 Å². The zero-order chi connectivity index (χ0) is 14.4. The molecule has 0 heterocycles. The normalized spacial score (nSPS) is 14.2. The Hall–Kier alpha value is -1.06. The van der Waals surface area contributed by atoms with Gasteiger partial charge >= 0.3 is 0 Å². The highest BCUT2D eigenvalue weighted by atomic mass is 16.5. The Bertz CT molecular complexity index is 402. The average molecular weight is 265 g/mol. The zero-order valence-corrected chi connectivity index (χ0v) is 12.6. The van der Waals surface area contributed by atoms with Crippen molar-refractivity contribution in [1.29, 1.82) is 0 Å². The van der Waals surface area contributed by atoms with Crippen LogP contribution in [0.15, 0.2) is 12.1 Å². The third kappa shape index (κ3) is 4.51. The number of aliphatic hydroxyl groups excluding tert-OH is 1. The minimum atomic E-state index is -0.435. The molecule has 0 amide bonds. The summed E-state index contributed by atoms with van der Waals surface area (Å²) < 4.78 is 5.72. The lowest BCUT2D eigenvalue weighted by Gasteiger charge is -2.17. The number of hydrogen-bond donors (Lipinski definition) is 2. The molecular formula is C16H27NO2. The van der Waals surface area contributed by atoms with E-state index in [1.165, 1.54) is 16.7 Å². The summed E-state index contributed by atoms with van der Waals surface area (Å²) in [5, 5.41) is 9.77. The second-order valence-electron chi connectivity index (χ2n) is 5.29. The molecule has 0 fully saturated rings. The van der Waals surface area contributed by atoms with Gasteiger partial charge < -0.3 is 15.6 Å². The summed E-state index contributed by atoms with van der Waals surface area (Å²) in [6.45, 7) is 8.90. The third-order valence-electron chi connectivity index (χ3n) is 3.63. The number of hydrogen-bond acceptors (Lipinski definition) is 3. The molecule has 0 aliphatic carbocycles. The predicted molar refractivity (Wildman–Crippen MR) is 79.7 cm³/mol. The topological polar surface area (TPSA) is 55.5 Å². The standard InChI is InChI=1S/C16H27NO2/c1-5-10-19-16-9-7-14(11(2)12(16)3)6-8-15(18)13(4)17/h7,9,13,15,18H,5-6,8,10,17H2,1-4H3. The third-order valence-corrected chi connectivity index (χ3v) is 3.63. The van der Waals surface area contributed by atoms with Crippen LogP contribution >= 0.6 is 0 Å². The maximum absolute atomic E-state index is 9.77. The second-order valence-corrected chi connectivity index (χ2v) is 5.29. The minimum Gasteiger partial charge on any atom is -0.493 e. The fourth-order valence-electron chi connectivity index (χ4n) is 2.06. The molecule has 1 aromatic carbocycles. The van der Waals surface area contributed by atoms with E-state index in [4.69, 9.17) is 10.5 Å². The highest BCUT2D eigenvalue weighted by Gasteiger charge is 2.12. The van der Waals surface area contributed by atoms with Gasteiger partial charge in [-0.2, -0.15) is 0 Å². The molecule has 2 unspecified atom stereocenters. The Labute approximate surface area is 116 Å². The molecule has 3 N–H and O–H groups in total. The van der Waals surface area contributed by atoms with Crippen molar-refractivity contribution in [3.05, 3.63) is 28.8 Å². The second kappa shape index (κ2) is 7.51. The minimum absolute atomic E-state index is 0.173. The van der Waals surface area contributed by atoms with E-state index in [1.54, 1.807) is 0 Å². The van der Waals surface area contributed by atoms with E-state index in [0.29, 0.717) is 6.42 Å². The Morgan fingerprint density at radius 1 is 1.26 bits per heavy atom. The van der Waals surface area contributed by atoms with Crippen molar-refractivity contribution in [3.63, 3.8) is 0 Å². The Balaban J connectivity index is 2.73. The molecule has 0 radical (unpaired) electrons. The molecule has 3 nitrogen and oxygen atoms in total. The first-order valence-electron chi connectivity index (χ1n) is 7.12. The molecule has 0 aromatic heterocycles. The molecule has 1 rings (SSSR count). The average Bonchev–Trinajstić information content (AvgIpc) is 2.38. The zero-order valence-electron chi connectivity index (χ0n) is 12.6. The maximum Gasteiger partial charge on any atom is 0.122 e. The van der Waals surface area contributed by atoms with Crippen LogP contribution in [0.1, 0.15) is 43.4 Å². The summed E-state index contributed by atoms with van der Waals surface area (Å²) in [7, 11) is 0. The van der Waals surface area contributed by atoms with E-state index >= 15 is 0 Å². The van der Waals surface area contributed by atoms with Crippen LogP contribution in [0.4, 0.5) is 0 Å². The van der Waals surface area contributed by atoms with E-state index in [2.05, 4.69) is 26.8 Å². The number of aryl methyl sites for hydroxylation is 1. The summed E-state index contributed by atoms with van der Waals surface area (Å²) in [5.41, 5.74) is 9.39. The molecular weight excluding hydrogens is 238 g/mol. The lowest BCUT2D eigenvalue weighted by Crippen LogP contribution is -2.31. The van der Waals surface area contributed by atoms with Gasteiger partial charge in [0.1, 0.15) is 5.75 Å². The van der Waals surface area contributed by atoms with Crippen molar-refractivity contribution in [3.8, 4) is 5.75 Å². The molecule has 0 bridgehead atoms. The van der Waals surface area contributed by atoms with Gasteiger partial charge in [0.2, 0.25) is 0 Å². The van der Waals surface area contributed by atoms with Crippen molar-refractivity contribution >= 4 is 0 Å². The molecule has 1 aromatic rings. The predicted octanol–water partition coefficient (Wildman–Crippen LogP) is 2.73. The van der Waals surface area contributed by atoms with E-state index < -0.39 is 6.10 Å². The van der Waals surface area contributed by atoms with Gasteiger partial charge in [0.05, 0.1) is 12.7 Å². The number of nitrogens with two attached hydrogens (primary N) is 1. The summed E-state index contributed by atoms with van der Waals surface area (Å²) in [6, 6.07) is 3.96. The van der Waals surface area contributed by atoms with Crippen molar-refractivity contribution in [2.45, 2.75) is 59.1 Å². The smallest absolute Gasteiger partial charge is 0.122 e. The monoisotopic (exact) mass is 265 g/mol. The van der Waals surface area contributed by atoms with Gasteiger partial charge in [-0.25, -0.2) is 0 Å². The highest BCUT2D eigenvalue weighted by Crippen LogP contribution is 2.25. The van der Waals surface area contributed by atoms with E-state index in [1.807, 2.05) is 13.0 Å². The van der Waals surface area contributed by atoms with Crippen molar-refractivity contribution in [1.82, 2.24) is 0 Å². The van der Waals surface area contributed by atoms with E-state index in [9.17, 15) is 5.11 Å². The van der Waals surface area contributed by atoms with Gasteiger partial charge in [0.15, 0.2) is 0 Å². The van der Waals surface area contributed by atoms with Crippen LogP contribution in [0.5, 0.6) is 5.75 Å².